The molecule has 0 saturated heterocycles. The molecule has 3 aromatic rings. The van der Waals surface area contributed by atoms with Crippen molar-refractivity contribution in [2.24, 2.45) is 0 Å². The third-order valence-corrected chi connectivity index (χ3v) is 3.27. The maximum absolute atomic E-state index is 4.71. The Bertz CT molecular complexity index is 722. The number of benzene rings is 1. The van der Waals surface area contributed by atoms with E-state index in [0.29, 0.717) is 0 Å². The first kappa shape index (κ1) is 12.8. The minimum absolute atomic E-state index is 0.838. The Kier molecular flexibility index (Phi) is 3.70. The van der Waals surface area contributed by atoms with Crippen LogP contribution in [0.1, 0.15) is 12.5 Å². The lowest BCUT2D eigenvalue weighted by molar-refractivity contribution is 0.724. The fourth-order valence-corrected chi connectivity index (χ4v) is 2.22. The van der Waals surface area contributed by atoms with Crippen LogP contribution >= 0.6 is 0 Å². The van der Waals surface area contributed by atoms with Gasteiger partial charge in [-0.2, -0.15) is 0 Å². The van der Waals surface area contributed by atoms with Gasteiger partial charge in [0.25, 0.3) is 0 Å². The Balaban J connectivity index is 1.97. The minimum atomic E-state index is 0.838. The van der Waals surface area contributed by atoms with E-state index < -0.39 is 0 Å². The molecule has 0 aliphatic carbocycles. The van der Waals surface area contributed by atoms with Crippen molar-refractivity contribution in [2.45, 2.75) is 13.5 Å². The molecule has 1 aromatic carbocycles. The maximum atomic E-state index is 4.71. The fourth-order valence-electron chi connectivity index (χ4n) is 2.22. The molecule has 3 rings (SSSR count). The molecule has 0 amide bonds. The van der Waals surface area contributed by atoms with Gasteiger partial charge in [0.1, 0.15) is 0 Å². The Morgan fingerprint density at radius 2 is 1.95 bits per heavy atom. The maximum Gasteiger partial charge on any atom is 0.0725 e. The van der Waals surface area contributed by atoms with Crippen LogP contribution in [0.15, 0.2) is 54.9 Å². The average Bonchev–Trinajstić information content (AvgIpc) is 2.53. The zero-order chi connectivity index (χ0) is 13.8. The molecule has 0 aliphatic rings. The number of aromatic nitrogens is 2. The number of nitrogens with one attached hydrogen (secondary N) is 1. The lowest BCUT2D eigenvalue weighted by Gasteiger charge is -2.06. The Morgan fingerprint density at radius 3 is 2.85 bits per heavy atom. The second kappa shape index (κ2) is 5.80. The molecule has 3 heteroatoms. The first-order chi connectivity index (χ1) is 9.86. The minimum Gasteiger partial charge on any atom is -0.313 e. The quantitative estimate of drug-likeness (QED) is 0.784. The molecular weight excluding hydrogens is 246 g/mol. The number of hydrogen-bond donors (Lipinski definition) is 1. The highest BCUT2D eigenvalue weighted by Crippen LogP contribution is 2.21. The van der Waals surface area contributed by atoms with E-state index in [-0.39, 0.29) is 0 Å². The lowest BCUT2D eigenvalue weighted by Crippen LogP contribution is -2.11. The van der Waals surface area contributed by atoms with Crippen molar-refractivity contribution < 1.29 is 0 Å². The predicted molar refractivity (Wildman–Crippen MR) is 82.4 cm³/mol. The van der Waals surface area contributed by atoms with Crippen LogP contribution in [-0.2, 0) is 6.54 Å². The Labute approximate surface area is 118 Å². The zero-order valence-electron chi connectivity index (χ0n) is 11.5. The summed E-state index contributed by atoms with van der Waals surface area (Å²) in [6.45, 7) is 3.89. The van der Waals surface area contributed by atoms with Gasteiger partial charge in [0, 0.05) is 29.9 Å². The number of nitrogens with zero attached hydrogens (tertiary/aromatic N) is 2. The molecular formula is C17H17N3. The highest BCUT2D eigenvalue weighted by Gasteiger charge is 2.03. The summed E-state index contributed by atoms with van der Waals surface area (Å²) in [4.78, 5) is 9.02. The van der Waals surface area contributed by atoms with Gasteiger partial charge < -0.3 is 5.32 Å². The van der Waals surface area contributed by atoms with Gasteiger partial charge in [-0.25, -0.2) is 4.98 Å². The normalized spacial score (nSPS) is 10.8. The standard InChI is InChI=1S/C17H17N3/c1-2-18-10-13-9-15(12-19-11-13)17-8-7-14-5-3-4-6-16(14)20-17/h3-9,11-12,18H,2,10H2,1H3. The van der Waals surface area contributed by atoms with Crippen LogP contribution in [0.4, 0.5) is 0 Å². The summed E-state index contributed by atoms with van der Waals surface area (Å²) in [5.41, 5.74) is 4.22. The van der Waals surface area contributed by atoms with Crippen molar-refractivity contribution in [3.8, 4) is 11.3 Å². The van der Waals surface area contributed by atoms with Crippen LogP contribution in [0.25, 0.3) is 22.2 Å². The molecule has 0 aliphatic heterocycles. The molecule has 0 bridgehead atoms. The number of para-hydroxylation sites is 1. The first-order valence-electron chi connectivity index (χ1n) is 6.87. The van der Waals surface area contributed by atoms with E-state index in [9.17, 15) is 0 Å². The van der Waals surface area contributed by atoms with Crippen LogP contribution in [0.5, 0.6) is 0 Å². The molecule has 0 fully saturated rings. The van der Waals surface area contributed by atoms with E-state index in [4.69, 9.17) is 4.98 Å². The third-order valence-electron chi connectivity index (χ3n) is 3.27. The van der Waals surface area contributed by atoms with Crippen molar-refractivity contribution in [3.05, 3.63) is 60.4 Å². The molecule has 0 radical (unpaired) electrons. The molecule has 3 nitrogen and oxygen atoms in total. The van der Waals surface area contributed by atoms with Gasteiger partial charge in [0.2, 0.25) is 0 Å². The van der Waals surface area contributed by atoms with E-state index in [1.807, 2.05) is 30.6 Å². The molecule has 1 N–H and O–H groups in total. The number of hydrogen-bond acceptors (Lipinski definition) is 3. The van der Waals surface area contributed by atoms with Crippen LogP contribution in [0, 0.1) is 0 Å². The summed E-state index contributed by atoms with van der Waals surface area (Å²) in [6.07, 6.45) is 3.76. The van der Waals surface area contributed by atoms with Crippen molar-refractivity contribution in [1.82, 2.24) is 15.3 Å². The fraction of sp³-hybridized carbons (Fsp3) is 0.176. The summed E-state index contributed by atoms with van der Waals surface area (Å²) >= 11 is 0. The summed E-state index contributed by atoms with van der Waals surface area (Å²) in [6, 6.07) is 14.5. The molecule has 0 spiro atoms. The number of fused-ring (bicyclic) bond motifs is 1. The molecule has 0 unspecified atom stereocenters. The van der Waals surface area contributed by atoms with Gasteiger partial charge >= 0.3 is 0 Å². The van der Waals surface area contributed by atoms with Crippen molar-refractivity contribution in [3.63, 3.8) is 0 Å². The predicted octanol–water partition coefficient (Wildman–Crippen LogP) is 3.41. The van der Waals surface area contributed by atoms with E-state index in [1.165, 1.54) is 5.56 Å². The summed E-state index contributed by atoms with van der Waals surface area (Å²) in [5.74, 6) is 0. The molecule has 0 atom stereocenters. The monoisotopic (exact) mass is 263 g/mol. The van der Waals surface area contributed by atoms with Crippen molar-refractivity contribution in [2.75, 3.05) is 6.54 Å². The van der Waals surface area contributed by atoms with E-state index in [1.54, 1.807) is 0 Å². The van der Waals surface area contributed by atoms with Crippen molar-refractivity contribution in [1.29, 1.82) is 0 Å². The average molecular weight is 263 g/mol. The molecule has 20 heavy (non-hydrogen) atoms. The van der Waals surface area contributed by atoms with Crippen LogP contribution in [0.3, 0.4) is 0 Å². The Hall–Kier alpha value is -2.26. The van der Waals surface area contributed by atoms with Crippen LogP contribution in [0.2, 0.25) is 0 Å². The van der Waals surface area contributed by atoms with Gasteiger partial charge in [-0.1, -0.05) is 31.2 Å². The van der Waals surface area contributed by atoms with Crippen molar-refractivity contribution >= 4 is 10.9 Å². The molecule has 0 saturated carbocycles. The van der Waals surface area contributed by atoms with Crippen LogP contribution < -0.4 is 5.32 Å². The summed E-state index contributed by atoms with van der Waals surface area (Å²) in [5, 5.41) is 4.47. The van der Waals surface area contributed by atoms with Gasteiger partial charge in [0.15, 0.2) is 0 Å². The van der Waals surface area contributed by atoms with Gasteiger partial charge in [-0.3, -0.25) is 4.98 Å². The first-order valence-corrected chi connectivity index (χ1v) is 6.87. The highest BCUT2D eigenvalue weighted by molar-refractivity contribution is 5.81. The SMILES string of the molecule is CCNCc1cncc(-c2ccc3ccccc3n2)c1. The summed E-state index contributed by atoms with van der Waals surface area (Å²) in [7, 11) is 0. The zero-order valence-corrected chi connectivity index (χ0v) is 11.5. The largest absolute Gasteiger partial charge is 0.313 e. The van der Waals surface area contributed by atoms with Crippen LogP contribution in [-0.4, -0.2) is 16.5 Å². The second-order valence-electron chi connectivity index (χ2n) is 4.75. The van der Waals surface area contributed by atoms with E-state index in [0.717, 1.165) is 35.2 Å². The second-order valence-corrected chi connectivity index (χ2v) is 4.75. The molecule has 2 aromatic heterocycles. The topological polar surface area (TPSA) is 37.8 Å². The molecule has 2 heterocycles. The smallest absolute Gasteiger partial charge is 0.0725 e. The van der Waals surface area contributed by atoms with E-state index in [2.05, 4.69) is 41.5 Å². The summed E-state index contributed by atoms with van der Waals surface area (Å²) < 4.78 is 0. The van der Waals surface area contributed by atoms with Gasteiger partial charge in [0.05, 0.1) is 11.2 Å². The van der Waals surface area contributed by atoms with E-state index >= 15 is 0 Å². The molecule has 100 valence electrons. The Morgan fingerprint density at radius 1 is 1.05 bits per heavy atom. The third kappa shape index (κ3) is 2.68. The number of pyridine rings is 2. The number of rotatable bonds is 4. The highest BCUT2D eigenvalue weighted by atomic mass is 14.8. The van der Waals surface area contributed by atoms with Gasteiger partial charge in [-0.05, 0) is 30.3 Å². The van der Waals surface area contributed by atoms with Gasteiger partial charge in [-0.15, -0.1) is 0 Å². The lowest BCUT2D eigenvalue weighted by atomic mass is 10.1.